The van der Waals surface area contributed by atoms with E-state index >= 15 is 0 Å². The number of nitrogens with zero attached hydrogens (tertiary/aromatic N) is 1. The van der Waals surface area contributed by atoms with Gasteiger partial charge in [0.2, 0.25) is 0 Å². The maximum absolute atomic E-state index is 12.4. The molecule has 122 valence electrons. The van der Waals surface area contributed by atoms with Gasteiger partial charge in [-0.1, -0.05) is 43.2 Å². The van der Waals surface area contributed by atoms with Crippen LogP contribution in [0.5, 0.6) is 5.75 Å². The second kappa shape index (κ2) is 7.18. The molecule has 1 aliphatic rings. The van der Waals surface area contributed by atoms with Crippen LogP contribution in [0.3, 0.4) is 0 Å². The van der Waals surface area contributed by atoms with Gasteiger partial charge in [-0.05, 0) is 35.9 Å². The summed E-state index contributed by atoms with van der Waals surface area (Å²) in [5.41, 5.74) is 0.974. The van der Waals surface area contributed by atoms with Gasteiger partial charge in [0.05, 0.1) is 7.11 Å². The van der Waals surface area contributed by atoms with Crippen LogP contribution in [0.25, 0.3) is 16.8 Å². The molecule has 2 aromatic rings. The summed E-state index contributed by atoms with van der Waals surface area (Å²) in [5.74, 6) is 0.487. The number of rotatable bonds is 4. The summed E-state index contributed by atoms with van der Waals surface area (Å²) in [7, 11) is 1.63. The van der Waals surface area contributed by atoms with Gasteiger partial charge in [0.1, 0.15) is 17.4 Å². The molecule has 1 fully saturated rings. The number of methoxy groups -OCH3 is 1. The first kappa shape index (κ1) is 16.1. The van der Waals surface area contributed by atoms with Gasteiger partial charge in [-0.3, -0.25) is 4.79 Å². The summed E-state index contributed by atoms with van der Waals surface area (Å²) in [5, 5.41) is 14.3. The Balaban J connectivity index is 1.95. The number of hydrogen-bond donors (Lipinski definition) is 1. The number of nitrogens with one attached hydrogen (secondary N) is 1. The number of carbonyl (C=O) groups is 1. The van der Waals surface area contributed by atoms with Crippen molar-refractivity contribution in [2.45, 2.75) is 31.7 Å². The van der Waals surface area contributed by atoms with Crippen LogP contribution in [0.15, 0.2) is 42.0 Å². The van der Waals surface area contributed by atoms with Crippen LogP contribution in [0.2, 0.25) is 0 Å². The third kappa shape index (κ3) is 3.26. The highest BCUT2D eigenvalue weighted by Crippen LogP contribution is 2.29. The van der Waals surface area contributed by atoms with Gasteiger partial charge in [-0.15, -0.1) is 0 Å². The van der Waals surface area contributed by atoms with Crippen molar-refractivity contribution in [2.75, 3.05) is 7.11 Å². The van der Waals surface area contributed by atoms with Crippen molar-refractivity contribution in [1.29, 1.82) is 5.26 Å². The summed E-state index contributed by atoms with van der Waals surface area (Å²) < 4.78 is 5.38. The molecular formula is C20H20N2O2. The van der Waals surface area contributed by atoms with Gasteiger partial charge in [-0.25, -0.2) is 0 Å². The van der Waals surface area contributed by atoms with Gasteiger partial charge in [0.15, 0.2) is 0 Å². The van der Waals surface area contributed by atoms with Crippen LogP contribution in [-0.4, -0.2) is 19.1 Å². The van der Waals surface area contributed by atoms with Crippen molar-refractivity contribution in [2.24, 2.45) is 0 Å². The Morgan fingerprint density at radius 1 is 1.21 bits per heavy atom. The van der Waals surface area contributed by atoms with Crippen molar-refractivity contribution >= 4 is 22.8 Å². The number of hydrogen-bond acceptors (Lipinski definition) is 3. The monoisotopic (exact) mass is 320 g/mol. The Kier molecular flexibility index (Phi) is 4.81. The maximum atomic E-state index is 12.4. The van der Waals surface area contributed by atoms with E-state index in [0.29, 0.717) is 0 Å². The highest BCUT2D eigenvalue weighted by molar-refractivity contribution is 6.04. The van der Waals surface area contributed by atoms with E-state index in [1.807, 2.05) is 42.5 Å². The van der Waals surface area contributed by atoms with E-state index in [1.54, 1.807) is 13.2 Å². The number of amides is 1. The average molecular weight is 320 g/mol. The van der Waals surface area contributed by atoms with Gasteiger partial charge < -0.3 is 10.1 Å². The molecule has 3 rings (SSSR count). The molecule has 2 aromatic carbocycles. The minimum atomic E-state index is -0.288. The summed E-state index contributed by atoms with van der Waals surface area (Å²) in [6.07, 6.45) is 5.93. The third-order valence-corrected chi connectivity index (χ3v) is 4.49. The van der Waals surface area contributed by atoms with Gasteiger partial charge >= 0.3 is 0 Å². The molecule has 1 aliphatic carbocycles. The largest absolute Gasteiger partial charge is 0.496 e. The summed E-state index contributed by atoms with van der Waals surface area (Å²) in [4.78, 5) is 12.4. The lowest BCUT2D eigenvalue weighted by atomic mass is 10.0. The fourth-order valence-electron chi connectivity index (χ4n) is 3.24. The minimum absolute atomic E-state index is 0.136. The van der Waals surface area contributed by atoms with E-state index in [0.717, 1.165) is 47.8 Å². The van der Waals surface area contributed by atoms with Crippen LogP contribution in [0.1, 0.15) is 31.2 Å². The predicted molar refractivity (Wildman–Crippen MR) is 94.5 cm³/mol. The molecule has 4 heteroatoms. The summed E-state index contributed by atoms with van der Waals surface area (Å²) in [6.45, 7) is 0. The Morgan fingerprint density at radius 2 is 1.92 bits per heavy atom. The standard InChI is InChI=1S/C20H20N2O2/c1-24-19-11-10-14(17-8-4-5-9-18(17)19)12-15(13-21)20(23)22-16-6-2-3-7-16/h4-5,8-12,16H,2-3,6-7H2,1H3,(H,22,23)/b15-12-. The molecule has 1 saturated carbocycles. The molecule has 0 heterocycles. The average Bonchev–Trinajstić information content (AvgIpc) is 3.12. The fraction of sp³-hybridized carbons (Fsp3) is 0.300. The number of nitriles is 1. The van der Waals surface area contributed by atoms with E-state index in [2.05, 4.69) is 5.32 Å². The van der Waals surface area contributed by atoms with E-state index in [9.17, 15) is 10.1 Å². The quantitative estimate of drug-likeness (QED) is 0.688. The number of ether oxygens (including phenoxy) is 1. The molecule has 24 heavy (non-hydrogen) atoms. The topological polar surface area (TPSA) is 62.1 Å². The lowest BCUT2D eigenvalue weighted by molar-refractivity contribution is -0.117. The van der Waals surface area contributed by atoms with Crippen LogP contribution < -0.4 is 10.1 Å². The highest BCUT2D eigenvalue weighted by Gasteiger charge is 2.19. The molecule has 0 unspecified atom stereocenters. The smallest absolute Gasteiger partial charge is 0.262 e. The summed E-state index contributed by atoms with van der Waals surface area (Å²) >= 11 is 0. The minimum Gasteiger partial charge on any atom is -0.496 e. The molecule has 0 atom stereocenters. The number of benzene rings is 2. The zero-order valence-corrected chi connectivity index (χ0v) is 13.7. The van der Waals surface area contributed by atoms with Gasteiger partial charge in [-0.2, -0.15) is 5.26 Å². The van der Waals surface area contributed by atoms with Crippen molar-refractivity contribution in [3.63, 3.8) is 0 Å². The van der Waals surface area contributed by atoms with Crippen LogP contribution in [0.4, 0.5) is 0 Å². The molecule has 0 aromatic heterocycles. The molecule has 0 radical (unpaired) electrons. The van der Waals surface area contributed by atoms with Crippen molar-refractivity contribution < 1.29 is 9.53 Å². The highest BCUT2D eigenvalue weighted by atomic mass is 16.5. The summed E-state index contributed by atoms with van der Waals surface area (Å²) in [6, 6.07) is 13.8. The first-order chi connectivity index (χ1) is 11.7. The molecule has 0 aliphatic heterocycles. The first-order valence-electron chi connectivity index (χ1n) is 8.21. The van der Waals surface area contributed by atoms with Crippen LogP contribution >= 0.6 is 0 Å². The number of fused-ring (bicyclic) bond motifs is 1. The Labute approximate surface area is 141 Å². The second-order valence-electron chi connectivity index (χ2n) is 6.03. The Hall–Kier alpha value is -2.80. The molecule has 4 nitrogen and oxygen atoms in total. The van der Waals surface area contributed by atoms with Crippen molar-refractivity contribution in [3.8, 4) is 11.8 Å². The van der Waals surface area contributed by atoms with Gasteiger partial charge in [0, 0.05) is 11.4 Å². The van der Waals surface area contributed by atoms with Crippen molar-refractivity contribution in [3.05, 3.63) is 47.5 Å². The lowest BCUT2D eigenvalue weighted by Gasteiger charge is -2.12. The molecule has 0 spiro atoms. The SMILES string of the molecule is COc1ccc(/C=C(/C#N)C(=O)NC2CCCC2)c2ccccc12. The third-order valence-electron chi connectivity index (χ3n) is 4.49. The fourth-order valence-corrected chi connectivity index (χ4v) is 3.24. The van der Waals surface area contributed by atoms with E-state index in [1.165, 1.54) is 0 Å². The molecular weight excluding hydrogens is 300 g/mol. The first-order valence-corrected chi connectivity index (χ1v) is 8.21. The predicted octanol–water partition coefficient (Wildman–Crippen LogP) is 3.81. The Morgan fingerprint density at radius 3 is 2.58 bits per heavy atom. The van der Waals surface area contributed by atoms with E-state index < -0.39 is 0 Å². The maximum Gasteiger partial charge on any atom is 0.262 e. The molecule has 0 saturated heterocycles. The molecule has 1 amide bonds. The second-order valence-corrected chi connectivity index (χ2v) is 6.03. The van der Waals surface area contributed by atoms with Crippen LogP contribution in [-0.2, 0) is 4.79 Å². The number of carbonyl (C=O) groups excluding carboxylic acids is 1. The van der Waals surface area contributed by atoms with E-state index in [4.69, 9.17) is 4.74 Å². The van der Waals surface area contributed by atoms with E-state index in [-0.39, 0.29) is 17.5 Å². The molecule has 0 bridgehead atoms. The zero-order chi connectivity index (χ0) is 16.9. The normalized spacial score (nSPS) is 15.2. The molecule has 1 N–H and O–H groups in total. The lowest BCUT2D eigenvalue weighted by Crippen LogP contribution is -2.33. The van der Waals surface area contributed by atoms with Crippen LogP contribution in [0, 0.1) is 11.3 Å². The Bertz CT molecular complexity index is 827. The van der Waals surface area contributed by atoms with Gasteiger partial charge in [0.25, 0.3) is 5.91 Å². The zero-order valence-electron chi connectivity index (χ0n) is 13.7. The van der Waals surface area contributed by atoms with Crippen molar-refractivity contribution in [1.82, 2.24) is 5.32 Å².